The highest BCUT2D eigenvalue weighted by molar-refractivity contribution is 6.20. The molecule has 0 saturated carbocycles. The molecule has 252 valence electrons. The van der Waals surface area contributed by atoms with Crippen LogP contribution in [0.5, 0.6) is 0 Å². The third-order valence-corrected chi connectivity index (χ3v) is 11.0. The van der Waals surface area contributed by atoms with E-state index in [1.54, 1.807) is 0 Å². The van der Waals surface area contributed by atoms with Gasteiger partial charge in [-0.05, 0) is 114 Å². The van der Waals surface area contributed by atoms with Crippen LogP contribution in [0.2, 0.25) is 0 Å². The Morgan fingerprint density at radius 3 is 1.67 bits per heavy atom. The van der Waals surface area contributed by atoms with Gasteiger partial charge in [0.25, 0.3) is 0 Å². The van der Waals surface area contributed by atoms with Crippen LogP contribution in [0, 0.1) is 0 Å². The van der Waals surface area contributed by atoms with E-state index in [2.05, 4.69) is 193 Å². The number of furan rings is 1. The Morgan fingerprint density at radius 1 is 0.315 bits per heavy atom. The van der Waals surface area contributed by atoms with Crippen molar-refractivity contribution in [1.29, 1.82) is 0 Å². The third kappa shape index (κ3) is 4.88. The highest BCUT2D eigenvalue weighted by Gasteiger charge is 2.20. The molecule has 0 spiro atoms. The average molecular weight is 688 g/mol. The Hall–Kier alpha value is -7.16. The summed E-state index contributed by atoms with van der Waals surface area (Å²) in [4.78, 5) is 2.36. The molecule has 0 fully saturated rings. The first-order chi connectivity index (χ1) is 26.8. The molecule has 54 heavy (non-hydrogen) atoms. The van der Waals surface area contributed by atoms with Gasteiger partial charge in [-0.25, -0.2) is 0 Å². The molecule has 10 aromatic carbocycles. The standard InChI is InChI=1S/C52H33NO/c1-3-12-43-35(9-1)11-7-15-44(43)37-25-30-42(31-26-37)53(48-16-8-18-50-52(48)47-14-5-6-17-49(47)54-50)41-28-23-34(24-29-41)39-27-32-46-40(33-39)22-21-38-20-19-36-10-2-4-13-45(36)51(38)46/h1-33H. The fourth-order valence-electron chi connectivity index (χ4n) is 8.45. The summed E-state index contributed by atoms with van der Waals surface area (Å²) < 4.78 is 6.37. The molecule has 2 nitrogen and oxygen atoms in total. The quantitative estimate of drug-likeness (QED) is 0.168. The molecule has 0 saturated heterocycles. The number of benzene rings is 10. The Balaban J connectivity index is 1.03. The van der Waals surface area contributed by atoms with Crippen LogP contribution in [0.25, 0.3) is 87.3 Å². The first-order valence-corrected chi connectivity index (χ1v) is 18.5. The topological polar surface area (TPSA) is 16.4 Å². The van der Waals surface area contributed by atoms with E-state index in [1.165, 1.54) is 65.3 Å². The molecule has 0 aliphatic rings. The van der Waals surface area contributed by atoms with Crippen LogP contribution in [-0.4, -0.2) is 0 Å². The van der Waals surface area contributed by atoms with Crippen LogP contribution in [-0.2, 0) is 0 Å². The van der Waals surface area contributed by atoms with Gasteiger partial charge in [0.15, 0.2) is 0 Å². The number of fused-ring (bicyclic) bond motifs is 9. The van der Waals surface area contributed by atoms with Crippen molar-refractivity contribution in [2.24, 2.45) is 0 Å². The van der Waals surface area contributed by atoms with E-state index < -0.39 is 0 Å². The lowest BCUT2D eigenvalue weighted by Gasteiger charge is -2.26. The maximum absolute atomic E-state index is 6.37. The van der Waals surface area contributed by atoms with Gasteiger partial charge < -0.3 is 9.32 Å². The summed E-state index contributed by atoms with van der Waals surface area (Å²) in [6.45, 7) is 0. The van der Waals surface area contributed by atoms with Crippen LogP contribution in [0.3, 0.4) is 0 Å². The molecule has 0 aliphatic heterocycles. The van der Waals surface area contributed by atoms with Crippen molar-refractivity contribution in [2.75, 3.05) is 4.90 Å². The zero-order chi connectivity index (χ0) is 35.6. The van der Waals surface area contributed by atoms with E-state index in [1.807, 2.05) is 12.1 Å². The second kappa shape index (κ2) is 12.2. The van der Waals surface area contributed by atoms with Gasteiger partial charge in [0.2, 0.25) is 0 Å². The molecule has 0 bridgehead atoms. The molecular weight excluding hydrogens is 655 g/mol. The molecule has 0 amide bonds. The highest BCUT2D eigenvalue weighted by atomic mass is 16.3. The van der Waals surface area contributed by atoms with Crippen LogP contribution >= 0.6 is 0 Å². The van der Waals surface area contributed by atoms with Gasteiger partial charge in [-0.2, -0.15) is 0 Å². The number of anilines is 3. The number of para-hydroxylation sites is 1. The summed E-state index contributed by atoms with van der Waals surface area (Å²) in [5, 5.41) is 12.4. The minimum Gasteiger partial charge on any atom is -0.456 e. The van der Waals surface area contributed by atoms with Crippen molar-refractivity contribution in [3.63, 3.8) is 0 Å². The molecule has 0 radical (unpaired) electrons. The van der Waals surface area contributed by atoms with Crippen molar-refractivity contribution >= 4 is 82.1 Å². The van der Waals surface area contributed by atoms with E-state index in [4.69, 9.17) is 4.42 Å². The minimum absolute atomic E-state index is 0.874. The molecule has 0 atom stereocenters. The predicted octanol–water partition coefficient (Wildman–Crippen LogP) is 15.0. The predicted molar refractivity (Wildman–Crippen MR) is 229 cm³/mol. The second-order valence-corrected chi connectivity index (χ2v) is 14.1. The maximum atomic E-state index is 6.37. The second-order valence-electron chi connectivity index (χ2n) is 14.1. The molecule has 11 rings (SSSR count). The van der Waals surface area contributed by atoms with E-state index >= 15 is 0 Å². The molecule has 1 aromatic heterocycles. The highest BCUT2D eigenvalue weighted by Crippen LogP contribution is 2.44. The van der Waals surface area contributed by atoms with Crippen LogP contribution in [0.15, 0.2) is 205 Å². The van der Waals surface area contributed by atoms with Crippen LogP contribution in [0.4, 0.5) is 17.1 Å². The normalized spacial score (nSPS) is 11.7. The van der Waals surface area contributed by atoms with Crippen LogP contribution < -0.4 is 4.90 Å². The van der Waals surface area contributed by atoms with Crippen molar-refractivity contribution in [3.8, 4) is 22.3 Å². The van der Waals surface area contributed by atoms with Crippen molar-refractivity contribution < 1.29 is 4.42 Å². The summed E-state index contributed by atoms with van der Waals surface area (Å²) in [6.07, 6.45) is 0. The summed E-state index contributed by atoms with van der Waals surface area (Å²) >= 11 is 0. The number of nitrogens with zero attached hydrogens (tertiary/aromatic N) is 1. The molecule has 0 unspecified atom stereocenters. The Bertz CT molecular complexity index is 3200. The van der Waals surface area contributed by atoms with Gasteiger partial charge in [-0.1, -0.05) is 152 Å². The molecular formula is C52H33NO. The van der Waals surface area contributed by atoms with Gasteiger partial charge in [0.1, 0.15) is 11.2 Å². The van der Waals surface area contributed by atoms with E-state index in [0.717, 1.165) is 39.0 Å². The maximum Gasteiger partial charge on any atom is 0.137 e. The molecule has 2 heteroatoms. The molecule has 0 aliphatic carbocycles. The van der Waals surface area contributed by atoms with Gasteiger partial charge in [-0.3, -0.25) is 0 Å². The summed E-state index contributed by atoms with van der Waals surface area (Å²) in [7, 11) is 0. The minimum atomic E-state index is 0.874. The largest absolute Gasteiger partial charge is 0.456 e. The lowest BCUT2D eigenvalue weighted by atomic mass is 9.94. The van der Waals surface area contributed by atoms with Crippen molar-refractivity contribution in [2.45, 2.75) is 0 Å². The summed E-state index contributed by atoms with van der Waals surface area (Å²) in [5.74, 6) is 0. The van der Waals surface area contributed by atoms with Crippen molar-refractivity contribution in [3.05, 3.63) is 200 Å². The number of hydrogen-bond donors (Lipinski definition) is 0. The monoisotopic (exact) mass is 687 g/mol. The first-order valence-electron chi connectivity index (χ1n) is 18.5. The van der Waals surface area contributed by atoms with E-state index in [-0.39, 0.29) is 0 Å². The Morgan fingerprint density at radius 2 is 0.870 bits per heavy atom. The summed E-state index contributed by atoms with van der Waals surface area (Å²) in [6, 6.07) is 72.3. The first kappa shape index (κ1) is 30.5. The molecule has 11 aromatic rings. The zero-order valence-corrected chi connectivity index (χ0v) is 29.4. The van der Waals surface area contributed by atoms with Crippen molar-refractivity contribution in [1.82, 2.24) is 0 Å². The zero-order valence-electron chi connectivity index (χ0n) is 29.4. The van der Waals surface area contributed by atoms with E-state index in [0.29, 0.717) is 0 Å². The number of rotatable bonds is 5. The smallest absolute Gasteiger partial charge is 0.137 e. The average Bonchev–Trinajstić information content (AvgIpc) is 3.63. The number of hydrogen-bond acceptors (Lipinski definition) is 2. The Kier molecular flexibility index (Phi) is 6.90. The lowest BCUT2D eigenvalue weighted by Crippen LogP contribution is -2.10. The Labute approximate surface area is 312 Å². The van der Waals surface area contributed by atoms with Gasteiger partial charge in [0.05, 0.1) is 11.1 Å². The van der Waals surface area contributed by atoms with Gasteiger partial charge in [0, 0.05) is 16.8 Å². The third-order valence-electron chi connectivity index (χ3n) is 11.0. The fraction of sp³-hybridized carbons (Fsp3) is 0. The van der Waals surface area contributed by atoms with Gasteiger partial charge in [-0.15, -0.1) is 0 Å². The molecule has 0 N–H and O–H groups in total. The SMILES string of the molecule is c1ccc2c(-c3ccc(N(c4ccc(-c5ccc6c(ccc7ccc8ccccc8c76)c5)cc4)c4cccc5oc6ccccc6c45)cc3)cccc2c1. The van der Waals surface area contributed by atoms with Crippen LogP contribution in [0.1, 0.15) is 0 Å². The fourth-order valence-corrected chi connectivity index (χ4v) is 8.45. The van der Waals surface area contributed by atoms with Gasteiger partial charge >= 0.3 is 0 Å². The summed E-state index contributed by atoms with van der Waals surface area (Å²) in [5.41, 5.74) is 9.79. The molecule has 1 heterocycles. The van der Waals surface area contributed by atoms with E-state index in [9.17, 15) is 0 Å². The lowest BCUT2D eigenvalue weighted by molar-refractivity contribution is 0.669.